The highest BCUT2D eigenvalue weighted by Crippen LogP contribution is 2.26. The number of pyridine rings is 1. The van der Waals surface area contributed by atoms with Crippen LogP contribution in [-0.2, 0) is 6.54 Å². The third kappa shape index (κ3) is 3.17. The van der Waals surface area contributed by atoms with Crippen molar-refractivity contribution in [1.82, 2.24) is 4.98 Å². The second-order valence-electron chi connectivity index (χ2n) is 5.20. The van der Waals surface area contributed by atoms with E-state index in [1.165, 1.54) is 0 Å². The van der Waals surface area contributed by atoms with Gasteiger partial charge in [0.05, 0.1) is 0 Å². The summed E-state index contributed by atoms with van der Waals surface area (Å²) in [4.78, 5) is 7.01. The van der Waals surface area contributed by atoms with Crippen molar-refractivity contribution in [1.29, 1.82) is 0 Å². The molecule has 0 radical (unpaired) electrons. The number of nitrogens with two attached hydrogens (primary N) is 1. The van der Waals surface area contributed by atoms with E-state index in [9.17, 15) is 0 Å². The summed E-state index contributed by atoms with van der Waals surface area (Å²) in [5, 5.41) is 0. The fraction of sp³-hybridized carbons (Fsp3) is 0.353. The summed E-state index contributed by atoms with van der Waals surface area (Å²) in [6, 6.07) is 14.5. The van der Waals surface area contributed by atoms with Crippen molar-refractivity contribution in [3.63, 3.8) is 0 Å². The molecule has 0 spiro atoms. The summed E-state index contributed by atoms with van der Waals surface area (Å²) in [6.45, 7) is 7.87. The van der Waals surface area contributed by atoms with Gasteiger partial charge in [-0.2, -0.15) is 0 Å². The molecule has 1 aromatic heterocycles. The SMILES string of the molecule is CCN(c1ccccc1)c1cc(CN)cc(C(C)C)n1. The van der Waals surface area contributed by atoms with Crippen LogP contribution in [0.3, 0.4) is 0 Å². The largest absolute Gasteiger partial charge is 0.327 e. The lowest BCUT2D eigenvalue weighted by molar-refractivity contribution is 0.810. The van der Waals surface area contributed by atoms with Crippen LogP contribution in [0.4, 0.5) is 11.5 Å². The van der Waals surface area contributed by atoms with Crippen molar-refractivity contribution in [3.05, 3.63) is 53.7 Å². The molecule has 3 heteroatoms. The number of benzene rings is 1. The van der Waals surface area contributed by atoms with Gasteiger partial charge in [-0.25, -0.2) is 4.98 Å². The number of hydrogen-bond donors (Lipinski definition) is 1. The molecule has 0 aliphatic rings. The zero-order valence-corrected chi connectivity index (χ0v) is 12.5. The number of hydrogen-bond acceptors (Lipinski definition) is 3. The minimum Gasteiger partial charge on any atom is -0.327 e. The first-order valence-electron chi connectivity index (χ1n) is 7.19. The van der Waals surface area contributed by atoms with Crippen LogP contribution in [0.2, 0.25) is 0 Å². The minimum atomic E-state index is 0.398. The van der Waals surface area contributed by atoms with Crippen LogP contribution < -0.4 is 10.6 Å². The first kappa shape index (κ1) is 14.5. The van der Waals surface area contributed by atoms with Crippen LogP contribution in [0.1, 0.15) is 37.9 Å². The Labute approximate surface area is 121 Å². The first-order valence-corrected chi connectivity index (χ1v) is 7.19. The second-order valence-corrected chi connectivity index (χ2v) is 5.20. The van der Waals surface area contributed by atoms with Crippen molar-refractivity contribution in [2.75, 3.05) is 11.4 Å². The summed E-state index contributed by atoms with van der Waals surface area (Å²) >= 11 is 0. The predicted molar refractivity (Wildman–Crippen MR) is 85.3 cm³/mol. The molecule has 0 bridgehead atoms. The summed E-state index contributed by atoms with van der Waals surface area (Å²) in [7, 11) is 0. The van der Waals surface area contributed by atoms with Crippen LogP contribution >= 0.6 is 0 Å². The van der Waals surface area contributed by atoms with E-state index in [1.807, 2.05) is 18.2 Å². The molecule has 106 valence electrons. The van der Waals surface area contributed by atoms with Gasteiger partial charge in [0.15, 0.2) is 0 Å². The van der Waals surface area contributed by atoms with E-state index in [4.69, 9.17) is 10.7 Å². The van der Waals surface area contributed by atoms with Gasteiger partial charge in [0.25, 0.3) is 0 Å². The number of nitrogens with zero attached hydrogens (tertiary/aromatic N) is 2. The third-order valence-corrected chi connectivity index (χ3v) is 3.38. The Hall–Kier alpha value is -1.87. The minimum absolute atomic E-state index is 0.398. The van der Waals surface area contributed by atoms with Gasteiger partial charge < -0.3 is 10.6 Å². The molecule has 20 heavy (non-hydrogen) atoms. The van der Waals surface area contributed by atoms with Gasteiger partial charge in [-0.1, -0.05) is 32.0 Å². The lowest BCUT2D eigenvalue weighted by atomic mass is 10.1. The van der Waals surface area contributed by atoms with Gasteiger partial charge in [-0.3, -0.25) is 0 Å². The van der Waals surface area contributed by atoms with Gasteiger partial charge in [0.1, 0.15) is 5.82 Å². The highest BCUT2D eigenvalue weighted by atomic mass is 15.2. The van der Waals surface area contributed by atoms with E-state index < -0.39 is 0 Å². The first-order chi connectivity index (χ1) is 9.65. The molecule has 0 saturated heterocycles. The molecule has 0 saturated carbocycles. The molecule has 1 heterocycles. The third-order valence-electron chi connectivity index (χ3n) is 3.38. The van der Waals surface area contributed by atoms with E-state index in [-0.39, 0.29) is 0 Å². The van der Waals surface area contributed by atoms with Gasteiger partial charge in [0, 0.05) is 24.5 Å². The molecule has 2 N–H and O–H groups in total. The van der Waals surface area contributed by atoms with Crippen LogP contribution in [0, 0.1) is 0 Å². The molecule has 0 atom stereocenters. The number of para-hydroxylation sites is 1. The summed E-state index contributed by atoms with van der Waals surface area (Å²) < 4.78 is 0. The van der Waals surface area contributed by atoms with E-state index >= 15 is 0 Å². The van der Waals surface area contributed by atoms with Crippen molar-refractivity contribution in [2.45, 2.75) is 33.2 Å². The molecule has 2 aromatic rings. The molecule has 0 amide bonds. The number of anilines is 2. The molecule has 0 fully saturated rings. The number of aromatic nitrogens is 1. The van der Waals surface area contributed by atoms with Crippen LogP contribution in [0.15, 0.2) is 42.5 Å². The van der Waals surface area contributed by atoms with E-state index in [2.05, 4.69) is 49.9 Å². The zero-order valence-electron chi connectivity index (χ0n) is 12.5. The Morgan fingerprint density at radius 3 is 2.40 bits per heavy atom. The Morgan fingerprint density at radius 1 is 1.15 bits per heavy atom. The lowest BCUT2D eigenvalue weighted by Crippen LogP contribution is -2.18. The molecular weight excluding hydrogens is 246 g/mol. The van der Waals surface area contributed by atoms with E-state index in [1.54, 1.807) is 0 Å². The summed E-state index contributed by atoms with van der Waals surface area (Å²) in [5.74, 6) is 1.38. The van der Waals surface area contributed by atoms with Crippen LogP contribution in [-0.4, -0.2) is 11.5 Å². The zero-order chi connectivity index (χ0) is 14.5. The smallest absolute Gasteiger partial charge is 0.133 e. The molecule has 3 nitrogen and oxygen atoms in total. The maximum atomic E-state index is 5.82. The molecule has 0 aliphatic heterocycles. The average Bonchev–Trinajstić information content (AvgIpc) is 2.48. The average molecular weight is 269 g/mol. The monoisotopic (exact) mass is 269 g/mol. The van der Waals surface area contributed by atoms with Crippen molar-refractivity contribution in [3.8, 4) is 0 Å². The lowest BCUT2D eigenvalue weighted by Gasteiger charge is -2.24. The molecule has 0 aliphatic carbocycles. The topological polar surface area (TPSA) is 42.1 Å². The summed E-state index contributed by atoms with van der Waals surface area (Å²) in [6.07, 6.45) is 0. The standard InChI is InChI=1S/C17H23N3/c1-4-20(15-8-6-5-7-9-15)17-11-14(12-18)10-16(19-17)13(2)3/h5-11,13H,4,12,18H2,1-3H3. The maximum Gasteiger partial charge on any atom is 0.133 e. The Bertz CT molecular complexity index is 549. The van der Waals surface area contributed by atoms with Crippen molar-refractivity contribution < 1.29 is 0 Å². The van der Waals surface area contributed by atoms with E-state index in [0.29, 0.717) is 12.5 Å². The Morgan fingerprint density at radius 2 is 1.85 bits per heavy atom. The van der Waals surface area contributed by atoms with Gasteiger partial charge >= 0.3 is 0 Å². The van der Waals surface area contributed by atoms with Crippen LogP contribution in [0.25, 0.3) is 0 Å². The molecule has 1 aromatic carbocycles. The maximum absolute atomic E-state index is 5.82. The molecular formula is C17H23N3. The quantitative estimate of drug-likeness (QED) is 0.897. The highest BCUT2D eigenvalue weighted by Gasteiger charge is 2.12. The Balaban J connectivity index is 2.46. The highest BCUT2D eigenvalue weighted by molar-refractivity contribution is 5.60. The fourth-order valence-corrected chi connectivity index (χ4v) is 2.23. The molecule has 0 unspecified atom stereocenters. The van der Waals surface area contributed by atoms with Gasteiger partial charge in [-0.05, 0) is 42.7 Å². The van der Waals surface area contributed by atoms with E-state index in [0.717, 1.165) is 29.3 Å². The normalized spacial score (nSPS) is 10.8. The second kappa shape index (κ2) is 6.53. The molecule has 2 rings (SSSR count). The summed E-state index contributed by atoms with van der Waals surface area (Å²) in [5.41, 5.74) is 9.21. The van der Waals surface area contributed by atoms with Gasteiger partial charge in [-0.15, -0.1) is 0 Å². The fourth-order valence-electron chi connectivity index (χ4n) is 2.23. The van der Waals surface area contributed by atoms with Crippen molar-refractivity contribution in [2.24, 2.45) is 5.73 Å². The number of rotatable bonds is 5. The van der Waals surface area contributed by atoms with Crippen molar-refractivity contribution >= 4 is 11.5 Å². The van der Waals surface area contributed by atoms with Gasteiger partial charge in [0.2, 0.25) is 0 Å². The van der Waals surface area contributed by atoms with Crippen LogP contribution in [0.5, 0.6) is 0 Å². The Kier molecular flexibility index (Phi) is 4.74. The predicted octanol–water partition coefficient (Wildman–Crippen LogP) is 3.82.